The molecule has 7 heteroatoms. The van der Waals surface area contributed by atoms with E-state index in [1.165, 1.54) is 12.1 Å². The molecule has 4 aromatic rings. The van der Waals surface area contributed by atoms with Crippen molar-refractivity contribution < 1.29 is 39.3 Å². The van der Waals surface area contributed by atoms with E-state index in [2.05, 4.69) is 34.3 Å². The predicted molar refractivity (Wildman–Crippen MR) is 140 cm³/mol. The third-order valence-electron chi connectivity index (χ3n) is 4.78. The van der Waals surface area contributed by atoms with Crippen molar-refractivity contribution in [2.75, 3.05) is 0 Å². The van der Waals surface area contributed by atoms with Gasteiger partial charge in [-0.05, 0) is 24.3 Å². The van der Waals surface area contributed by atoms with E-state index in [-0.39, 0.29) is 32.8 Å². The summed E-state index contributed by atoms with van der Waals surface area (Å²) in [7, 11) is 0. The van der Waals surface area contributed by atoms with Gasteiger partial charge in [-0.25, -0.2) is 41.9 Å². The molecule has 39 heavy (non-hydrogen) atoms. The smallest absolute Gasteiger partial charge is 0.273 e. The Morgan fingerprint density at radius 2 is 1.00 bits per heavy atom. The van der Waals surface area contributed by atoms with Crippen LogP contribution in [0.25, 0.3) is 22.5 Å². The number of hydrogen-bond acceptors (Lipinski definition) is 2. The molecule has 0 atom stereocenters. The molecule has 2 aromatic heterocycles. The van der Waals surface area contributed by atoms with E-state index >= 15 is 0 Å². The minimum absolute atomic E-state index is 0. The molecule has 0 amide bonds. The van der Waals surface area contributed by atoms with Crippen molar-refractivity contribution in [1.82, 2.24) is 9.97 Å². The van der Waals surface area contributed by atoms with Gasteiger partial charge < -0.3 is 0 Å². The van der Waals surface area contributed by atoms with Crippen molar-refractivity contribution in [3.8, 4) is 22.5 Å². The summed E-state index contributed by atoms with van der Waals surface area (Å²) in [6.07, 6.45) is 23.1. The van der Waals surface area contributed by atoms with E-state index < -0.39 is 23.3 Å². The van der Waals surface area contributed by atoms with Crippen LogP contribution in [0.4, 0.5) is 17.6 Å². The molecule has 2 aliphatic rings. The second kappa shape index (κ2) is 17.6. The summed E-state index contributed by atoms with van der Waals surface area (Å²) in [6.45, 7) is 0. The third-order valence-corrected chi connectivity index (χ3v) is 4.78. The molecule has 0 fully saturated rings. The molecule has 2 heterocycles. The van der Waals surface area contributed by atoms with Gasteiger partial charge in [-0.15, -0.1) is 37.1 Å². The molecule has 0 radical (unpaired) electrons. The second-order valence-corrected chi connectivity index (χ2v) is 7.50. The van der Waals surface area contributed by atoms with Crippen LogP contribution in [-0.4, -0.2) is 9.97 Å². The van der Waals surface area contributed by atoms with Gasteiger partial charge in [-0.3, -0.25) is 22.1 Å². The fourth-order valence-electron chi connectivity index (χ4n) is 3.01. The maximum Gasteiger partial charge on any atom is 4.00 e. The molecule has 0 saturated heterocycles. The molecule has 192 valence electrons. The number of allylic oxidation sites excluding steroid dienone is 8. The van der Waals surface area contributed by atoms with Gasteiger partial charge >= 0.3 is 21.7 Å². The van der Waals surface area contributed by atoms with Crippen LogP contribution in [0.5, 0.6) is 0 Å². The van der Waals surface area contributed by atoms with Crippen LogP contribution in [0, 0.1) is 47.6 Å². The van der Waals surface area contributed by atoms with Gasteiger partial charge in [0.2, 0.25) is 0 Å². The maximum absolute atomic E-state index is 13.2. The minimum Gasteiger partial charge on any atom is -0.273 e. The molecule has 2 nitrogen and oxygen atoms in total. The first-order valence-corrected chi connectivity index (χ1v) is 11.6. The van der Waals surface area contributed by atoms with Crippen LogP contribution in [0.3, 0.4) is 0 Å². The first-order chi connectivity index (χ1) is 18.5. The predicted octanol–water partition coefficient (Wildman–Crippen LogP) is 8.26. The van der Waals surface area contributed by atoms with Crippen molar-refractivity contribution >= 4 is 0 Å². The zero-order valence-corrected chi connectivity index (χ0v) is 22.3. The van der Waals surface area contributed by atoms with E-state index in [9.17, 15) is 17.6 Å². The summed E-state index contributed by atoms with van der Waals surface area (Å²) in [6, 6.07) is 19.2. The molecule has 6 rings (SSSR count). The normalized spacial score (nSPS) is 11.8. The summed E-state index contributed by atoms with van der Waals surface area (Å²) in [4.78, 5) is 7.91. The van der Waals surface area contributed by atoms with Crippen molar-refractivity contribution in [2.24, 2.45) is 0 Å². The van der Waals surface area contributed by atoms with E-state index in [0.717, 1.165) is 25.0 Å². The Hall–Kier alpha value is -3.87. The molecular weight excluding hydrogens is 536 g/mol. The number of benzene rings is 2. The topological polar surface area (TPSA) is 25.8 Å². The van der Waals surface area contributed by atoms with Crippen LogP contribution < -0.4 is 0 Å². The van der Waals surface area contributed by atoms with Crippen LogP contribution >= 0.6 is 0 Å². The summed E-state index contributed by atoms with van der Waals surface area (Å²) in [5.74, 6) is -2.85. The summed E-state index contributed by atoms with van der Waals surface area (Å²) >= 11 is 0. The third kappa shape index (κ3) is 11.2. The van der Waals surface area contributed by atoms with E-state index in [4.69, 9.17) is 0 Å². The Bertz CT molecular complexity index is 1270. The van der Waals surface area contributed by atoms with Crippen molar-refractivity contribution in [2.45, 2.75) is 12.8 Å². The van der Waals surface area contributed by atoms with Crippen LogP contribution in [0.15, 0.2) is 110 Å². The van der Waals surface area contributed by atoms with Gasteiger partial charge in [-0.1, -0.05) is 23.3 Å². The number of aromatic nitrogens is 2. The molecule has 0 aliphatic heterocycles. The maximum atomic E-state index is 13.2. The Labute approximate surface area is 241 Å². The van der Waals surface area contributed by atoms with Gasteiger partial charge in [0.05, 0.1) is 0 Å². The van der Waals surface area contributed by atoms with E-state index in [0.29, 0.717) is 11.4 Å². The zero-order valence-electron chi connectivity index (χ0n) is 20.7. The molecule has 0 unspecified atom stereocenters. The summed E-state index contributed by atoms with van der Waals surface area (Å²) in [5.41, 5.74) is 1.46. The molecule has 2 aliphatic carbocycles. The Balaban J connectivity index is 0.000000199. The molecular formula is C32H22F4N2Ti. The fraction of sp³-hybridized carbons (Fsp3) is 0.0625. The minimum atomic E-state index is -0.719. The molecule has 0 spiro atoms. The molecule has 2 aromatic carbocycles. The Morgan fingerprint density at radius 1 is 0.564 bits per heavy atom. The van der Waals surface area contributed by atoms with Crippen molar-refractivity contribution in [3.05, 3.63) is 157 Å². The van der Waals surface area contributed by atoms with Crippen LogP contribution in [0.2, 0.25) is 0 Å². The number of nitrogens with zero attached hydrogens (tertiary/aromatic N) is 2. The number of halogens is 4. The summed E-state index contributed by atoms with van der Waals surface area (Å²) < 4.78 is 51.5. The average molecular weight is 558 g/mol. The van der Waals surface area contributed by atoms with Crippen molar-refractivity contribution in [1.29, 1.82) is 0 Å². The van der Waals surface area contributed by atoms with Crippen LogP contribution in [-0.2, 0) is 21.7 Å². The van der Waals surface area contributed by atoms with Crippen LogP contribution in [0.1, 0.15) is 12.8 Å². The zero-order chi connectivity index (χ0) is 27.0. The first kappa shape index (κ1) is 31.4. The first-order valence-electron chi connectivity index (χ1n) is 11.6. The standard InChI is InChI=1S/2C11H6F2N.2C5H5.Ti/c2*12-8-4-5-9(10(13)7-8)11-3-1-2-6-14-11;2*1-2-4-5-3-1;/h2*1-6H;2*1-3H,4H2;/q4*-1;+4. The second-order valence-electron chi connectivity index (χ2n) is 7.50. The fourth-order valence-corrected chi connectivity index (χ4v) is 3.01. The van der Waals surface area contributed by atoms with Gasteiger partial charge in [0.15, 0.2) is 0 Å². The number of pyridine rings is 2. The van der Waals surface area contributed by atoms with Gasteiger partial charge in [-0.2, -0.15) is 24.3 Å². The molecule has 0 N–H and O–H groups in total. The van der Waals surface area contributed by atoms with E-state index in [1.807, 2.05) is 36.4 Å². The monoisotopic (exact) mass is 558 g/mol. The van der Waals surface area contributed by atoms with Crippen molar-refractivity contribution in [3.63, 3.8) is 0 Å². The number of hydrogen-bond donors (Lipinski definition) is 0. The summed E-state index contributed by atoms with van der Waals surface area (Å²) in [5, 5.41) is 0. The van der Waals surface area contributed by atoms with Gasteiger partial charge in [0.1, 0.15) is 0 Å². The average Bonchev–Trinajstić information content (AvgIpc) is 3.70. The molecule has 0 saturated carbocycles. The SMILES string of the molecule is Fc1[c-]c(F)c(-c2ccccn2)cc1.Fc1[c-]c(F)c(-c2ccccn2)cc1.[C-]1=CC=CC1.[C-]1=CC=CC1.[Ti+4]. The van der Waals surface area contributed by atoms with E-state index in [1.54, 1.807) is 48.8 Å². The number of rotatable bonds is 2. The van der Waals surface area contributed by atoms with Gasteiger partial charge in [0.25, 0.3) is 0 Å². The largest absolute Gasteiger partial charge is 4.00 e. The molecule has 0 bridgehead atoms. The Kier molecular flexibility index (Phi) is 14.2. The Morgan fingerprint density at radius 3 is 1.26 bits per heavy atom. The quantitative estimate of drug-likeness (QED) is 0.141. The van der Waals surface area contributed by atoms with Gasteiger partial charge in [0, 0.05) is 47.1 Å².